The predicted molar refractivity (Wildman–Crippen MR) is 159 cm³/mol. The second-order valence-corrected chi connectivity index (χ2v) is 10.8. The summed E-state index contributed by atoms with van der Waals surface area (Å²) < 4.78 is 54.6. The smallest absolute Gasteiger partial charge is 0.482 e. The highest BCUT2D eigenvalue weighted by molar-refractivity contribution is 5.99. The Morgan fingerprint density at radius 2 is 1.96 bits per heavy atom. The van der Waals surface area contributed by atoms with Crippen molar-refractivity contribution in [1.29, 1.82) is 0 Å². The van der Waals surface area contributed by atoms with Gasteiger partial charge in [0.1, 0.15) is 29.4 Å². The second-order valence-electron chi connectivity index (χ2n) is 10.8. The van der Waals surface area contributed by atoms with E-state index >= 15 is 0 Å². The minimum absolute atomic E-state index is 0. The molecule has 4 atom stereocenters. The molecule has 1 N–H and O–H groups in total. The van der Waals surface area contributed by atoms with Crippen LogP contribution in [0.15, 0.2) is 34.3 Å². The molecule has 16 heteroatoms. The van der Waals surface area contributed by atoms with E-state index in [4.69, 9.17) is 28.5 Å². The molecule has 1 aromatic carbocycles. The fourth-order valence-electron chi connectivity index (χ4n) is 5.15. The molecule has 2 amide bonds. The van der Waals surface area contributed by atoms with Gasteiger partial charge in [0.2, 0.25) is 23.9 Å². The van der Waals surface area contributed by atoms with Crippen LogP contribution in [0.5, 0.6) is 5.75 Å². The average molecular weight is 653 g/mol. The van der Waals surface area contributed by atoms with Gasteiger partial charge in [-0.1, -0.05) is 11.2 Å². The van der Waals surface area contributed by atoms with Crippen molar-refractivity contribution in [2.75, 3.05) is 34.2 Å². The van der Waals surface area contributed by atoms with E-state index in [1.165, 1.54) is 25.0 Å². The van der Waals surface area contributed by atoms with Gasteiger partial charge < -0.3 is 43.3 Å². The molecule has 1 aromatic heterocycles. The molecule has 0 spiro atoms. The first-order valence-corrected chi connectivity index (χ1v) is 14.5. The molecular formula is C30H38F2N4O10. The number of pyridine rings is 1. The number of hydrogen-bond acceptors (Lipinski definition) is 11. The van der Waals surface area contributed by atoms with E-state index in [0.717, 1.165) is 12.1 Å². The molecule has 2 bridgehead atoms. The zero-order valence-electron chi connectivity index (χ0n) is 26.0. The summed E-state index contributed by atoms with van der Waals surface area (Å²) in [6, 6.07) is 1.96. The third-order valence-corrected chi connectivity index (χ3v) is 7.62. The molecule has 14 nitrogen and oxygen atoms in total. The monoisotopic (exact) mass is 652 g/mol. The first-order chi connectivity index (χ1) is 21.9. The predicted octanol–water partition coefficient (Wildman–Crippen LogP) is 3.37. The molecule has 2 aromatic rings. The summed E-state index contributed by atoms with van der Waals surface area (Å²) in [5.74, 6) is -3.46. The van der Waals surface area contributed by atoms with Crippen molar-refractivity contribution in [1.82, 2.24) is 14.8 Å². The quantitative estimate of drug-likeness (QED) is 0.126. The summed E-state index contributed by atoms with van der Waals surface area (Å²) in [7, 11) is 2.86. The maximum atomic E-state index is 14.2. The van der Waals surface area contributed by atoms with Crippen LogP contribution < -0.4 is 15.5 Å². The number of aromatic nitrogens is 1. The van der Waals surface area contributed by atoms with Gasteiger partial charge in [0, 0.05) is 52.4 Å². The number of hydrogen-bond donors (Lipinski definition) is 1. The Morgan fingerprint density at radius 1 is 1.20 bits per heavy atom. The Bertz CT molecular complexity index is 1560. The molecule has 46 heavy (non-hydrogen) atoms. The Kier molecular flexibility index (Phi) is 11.2. The van der Waals surface area contributed by atoms with E-state index < -0.39 is 71.4 Å². The zero-order chi connectivity index (χ0) is 33.5. The van der Waals surface area contributed by atoms with Gasteiger partial charge in [-0.2, -0.15) is 0 Å². The largest absolute Gasteiger partial charge is 0.511 e. The van der Waals surface area contributed by atoms with Crippen molar-refractivity contribution >= 4 is 23.9 Å². The SMILES string of the molecule is COC[C@@H](C)OC(=O)OCOc1c2n(cc(C(=O)NCc3ccc(F)cc3F)c1=O)[C@@H]1CN(C2=O)[C@@H](C)CC[C@H]1O/N=C(\C)OC.[HH]. The number of nitrogens with zero attached hydrogens (tertiary/aromatic N) is 3. The third kappa shape index (κ3) is 7.73. The number of nitrogens with one attached hydrogen (secondary N) is 1. The lowest BCUT2D eigenvalue weighted by molar-refractivity contribution is -0.0283. The highest BCUT2D eigenvalue weighted by Gasteiger charge is 2.44. The Morgan fingerprint density at radius 3 is 2.65 bits per heavy atom. The van der Waals surface area contributed by atoms with Crippen LogP contribution >= 0.6 is 0 Å². The van der Waals surface area contributed by atoms with E-state index in [9.17, 15) is 28.0 Å². The lowest BCUT2D eigenvalue weighted by Gasteiger charge is -2.38. The number of halogens is 2. The number of fused-ring (bicyclic) bond motifs is 4. The summed E-state index contributed by atoms with van der Waals surface area (Å²) in [4.78, 5) is 60.5. The first-order valence-electron chi connectivity index (χ1n) is 14.5. The second kappa shape index (κ2) is 15.0. The van der Waals surface area contributed by atoms with Gasteiger partial charge in [0.15, 0.2) is 5.69 Å². The van der Waals surface area contributed by atoms with E-state index in [-0.39, 0.29) is 44.3 Å². The van der Waals surface area contributed by atoms with Gasteiger partial charge in [0.05, 0.1) is 19.8 Å². The number of oxime groups is 1. The average Bonchev–Trinajstić information content (AvgIpc) is 3.15. The van der Waals surface area contributed by atoms with Gasteiger partial charge in [0.25, 0.3) is 11.8 Å². The van der Waals surface area contributed by atoms with E-state index in [1.54, 1.807) is 18.7 Å². The van der Waals surface area contributed by atoms with Crippen molar-refractivity contribution in [3.05, 3.63) is 63.1 Å². The molecular weight excluding hydrogens is 614 g/mol. The van der Waals surface area contributed by atoms with Crippen molar-refractivity contribution < 1.29 is 53.1 Å². The van der Waals surface area contributed by atoms with E-state index in [0.29, 0.717) is 18.9 Å². The van der Waals surface area contributed by atoms with Crippen molar-refractivity contribution in [2.24, 2.45) is 5.16 Å². The Hall–Kier alpha value is -4.73. The van der Waals surface area contributed by atoms with Crippen LogP contribution in [0.3, 0.4) is 0 Å². The zero-order valence-corrected chi connectivity index (χ0v) is 26.0. The topological polar surface area (TPSA) is 156 Å². The minimum Gasteiger partial charge on any atom is -0.482 e. The molecule has 0 saturated carbocycles. The summed E-state index contributed by atoms with van der Waals surface area (Å²) in [6.45, 7) is 4.07. The molecule has 0 unspecified atom stereocenters. The number of rotatable bonds is 11. The molecule has 3 heterocycles. The molecule has 0 radical (unpaired) electrons. The lowest BCUT2D eigenvalue weighted by Crippen LogP contribution is -2.49. The van der Waals surface area contributed by atoms with Crippen molar-refractivity contribution in [2.45, 2.75) is 64.4 Å². The molecule has 2 aliphatic heterocycles. The van der Waals surface area contributed by atoms with Crippen LogP contribution in [0, 0.1) is 11.6 Å². The van der Waals surface area contributed by atoms with Crippen LogP contribution in [-0.4, -0.2) is 85.7 Å². The number of amides is 2. The molecule has 2 aliphatic rings. The highest BCUT2D eigenvalue weighted by atomic mass is 19.1. The normalized spacial score (nSPS) is 19.8. The fraction of sp³-hybridized carbons (Fsp3) is 0.500. The van der Waals surface area contributed by atoms with Gasteiger partial charge >= 0.3 is 6.16 Å². The van der Waals surface area contributed by atoms with Gasteiger partial charge in [-0.05, 0) is 32.8 Å². The fourth-order valence-corrected chi connectivity index (χ4v) is 5.15. The first kappa shape index (κ1) is 34.1. The van der Waals surface area contributed by atoms with Crippen LogP contribution in [0.25, 0.3) is 0 Å². The molecule has 0 aliphatic carbocycles. The number of methoxy groups -OCH3 is 2. The highest BCUT2D eigenvalue weighted by Crippen LogP contribution is 2.36. The standard InChI is InChI=1S/C30H36F2N4O10.H2/c1-16-6-9-24(46-34-18(3)42-5)23-13-35(16)29(39)25-27(43-15-44-30(40)45-17(2)14-41-4)26(37)21(12-36(23)25)28(38)33-11-19-7-8-20(31)10-22(19)32;/h7-8,10,12,16-17,23-24H,6,9,11,13-15H2,1-5H3,(H,33,38);1H/b34-18+;/t16-,17+,23+,24+;/m0./s1. The summed E-state index contributed by atoms with van der Waals surface area (Å²) in [5, 5.41) is 6.47. The van der Waals surface area contributed by atoms with Gasteiger partial charge in [-0.15, -0.1) is 0 Å². The Labute approximate surface area is 264 Å². The van der Waals surface area contributed by atoms with E-state index in [2.05, 4.69) is 10.5 Å². The van der Waals surface area contributed by atoms with Crippen LogP contribution in [-0.2, 0) is 30.3 Å². The lowest BCUT2D eigenvalue weighted by atomic mass is 10.0. The van der Waals surface area contributed by atoms with Crippen molar-refractivity contribution in [3.8, 4) is 5.75 Å². The number of benzene rings is 1. The Balaban J connectivity index is 0.00000600. The summed E-state index contributed by atoms with van der Waals surface area (Å²) in [6.07, 6.45) is -0.189. The number of carbonyl (C=O) groups is 3. The maximum absolute atomic E-state index is 14.2. The minimum atomic E-state index is -1.12. The summed E-state index contributed by atoms with van der Waals surface area (Å²) in [5.41, 5.74) is -1.66. The van der Waals surface area contributed by atoms with E-state index in [1.807, 2.05) is 6.92 Å². The van der Waals surface area contributed by atoms with Gasteiger partial charge in [-0.25, -0.2) is 13.6 Å². The number of carbonyl (C=O) groups excluding carboxylic acids is 3. The molecule has 252 valence electrons. The van der Waals surface area contributed by atoms with Crippen LogP contribution in [0.2, 0.25) is 0 Å². The summed E-state index contributed by atoms with van der Waals surface area (Å²) >= 11 is 0. The molecule has 1 fully saturated rings. The van der Waals surface area contributed by atoms with Crippen molar-refractivity contribution in [3.63, 3.8) is 0 Å². The van der Waals surface area contributed by atoms with Crippen LogP contribution in [0.1, 0.15) is 67.5 Å². The molecule has 1 saturated heterocycles. The molecule has 4 rings (SSSR count). The van der Waals surface area contributed by atoms with Gasteiger partial charge in [-0.3, -0.25) is 14.4 Å². The van der Waals surface area contributed by atoms with Crippen LogP contribution in [0.4, 0.5) is 13.6 Å². The number of ether oxygens (including phenoxy) is 5. The third-order valence-electron chi connectivity index (χ3n) is 7.62. The maximum Gasteiger partial charge on any atom is 0.511 e.